The second-order valence-corrected chi connectivity index (χ2v) is 6.35. The minimum atomic E-state index is -0.289. The van der Waals surface area contributed by atoms with E-state index >= 15 is 0 Å². The molecule has 0 N–H and O–H groups in total. The van der Waals surface area contributed by atoms with Crippen molar-refractivity contribution in [1.82, 2.24) is 14.0 Å². The highest BCUT2D eigenvalue weighted by Crippen LogP contribution is 2.36. The lowest BCUT2D eigenvalue weighted by Gasteiger charge is -2.29. The first kappa shape index (κ1) is 16.5. The molecule has 1 aromatic carbocycles. The van der Waals surface area contributed by atoms with E-state index in [0.717, 1.165) is 23.1 Å². The molecule has 0 aliphatic heterocycles. The molecule has 1 aliphatic rings. The zero-order chi connectivity index (χ0) is 17.3. The quantitative estimate of drug-likeness (QED) is 0.787. The van der Waals surface area contributed by atoms with E-state index in [1.54, 1.807) is 17.7 Å². The Hall–Kier alpha value is -2.40. The molecule has 0 saturated heterocycles. The van der Waals surface area contributed by atoms with Crippen LogP contribution in [0.2, 0.25) is 0 Å². The number of aromatic nitrogens is 2. The average Bonchev–Trinajstić information content (AvgIpc) is 3.01. The van der Waals surface area contributed by atoms with Crippen LogP contribution in [0.15, 0.2) is 52.6 Å². The van der Waals surface area contributed by atoms with Gasteiger partial charge in [0.05, 0.1) is 0 Å². The van der Waals surface area contributed by atoms with Gasteiger partial charge in [-0.25, -0.2) is 4.79 Å². The Balaban J connectivity index is 1.96. The van der Waals surface area contributed by atoms with Gasteiger partial charge >= 0.3 is 5.69 Å². The first-order valence-electron chi connectivity index (χ1n) is 8.21. The van der Waals surface area contributed by atoms with Crippen LogP contribution in [0.5, 0.6) is 0 Å². The molecular formula is C19H23N3O2. The summed E-state index contributed by atoms with van der Waals surface area (Å²) in [7, 11) is 3.22. The molecule has 126 valence electrons. The number of aryl methyl sites for hydroxylation is 1. The first-order valence-corrected chi connectivity index (χ1v) is 8.21. The third-order valence-corrected chi connectivity index (χ3v) is 4.90. The lowest BCUT2D eigenvalue weighted by Crippen LogP contribution is -2.40. The third-order valence-electron chi connectivity index (χ3n) is 4.90. The molecule has 1 aliphatic carbocycles. The summed E-state index contributed by atoms with van der Waals surface area (Å²) < 4.78 is 2.69. The SMILES string of the molecule is C=CCN(Cc1cc(=O)n(C)c(=O)n1C)[C@@H]1CCc2ccccc21. The van der Waals surface area contributed by atoms with Crippen LogP contribution in [0.1, 0.15) is 29.3 Å². The molecule has 0 unspecified atom stereocenters. The summed E-state index contributed by atoms with van der Waals surface area (Å²) in [5, 5.41) is 0. The standard InChI is InChI=1S/C19H23N3O2/c1-4-11-22(17-10-9-14-7-5-6-8-16(14)17)13-15-12-18(23)21(3)19(24)20(15)2/h4-8,12,17H,1,9-11,13H2,2-3H3/t17-/m1/s1. The second-order valence-electron chi connectivity index (χ2n) is 6.35. The van der Waals surface area contributed by atoms with Crippen molar-refractivity contribution >= 4 is 0 Å². The van der Waals surface area contributed by atoms with Crippen molar-refractivity contribution in [2.75, 3.05) is 6.54 Å². The van der Waals surface area contributed by atoms with Gasteiger partial charge in [-0.2, -0.15) is 0 Å². The van der Waals surface area contributed by atoms with E-state index in [2.05, 4.69) is 35.7 Å². The molecule has 2 aromatic rings. The van der Waals surface area contributed by atoms with Gasteiger partial charge in [-0.1, -0.05) is 30.3 Å². The van der Waals surface area contributed by atoms with Crippen LogP contribution in [0, 0.1) is 0 Å². The first-order chi connectivity index (χ1) is 11.5. The lowest BCUT2D eigenvalue weighted by atomic mass is 10.1. The Bertz CT molecular complexity index is 879. The molecule has 24 heavy (non-hydrogen) atoms. The van der Waals surface area contributed by atoms with Crippen LogP contribution >= 0.6 is 0 Å². The molecular weight excluding hydrogens is 302 g/mol. The van der Waals surface area contributed by atoms with Crippen molar-refractivity contribution in [3.05, 3.63) is 80.6 Å². The summed E-state index contributed by atoms with van der Waals surface area (Å²) in [5.74, 6) is 0. The molecule has 0 bridgehead atoms. The molecule has 1 heterocycles. The van der Waals surface area contributed by atoms with Gasteiger partial charge in [0.15, 0.2) is 0 Å². The Morgan fingerprint density at radius 2 is 2.00 bits per heavy atom. The number of hydrogen-bond acceptors (Lipinski definition) is 3. The topological polar surface area (TPSA) is 47.2 Å². The van der Waals surface area contributed by atoms with Gasteiger partial charge < -0.3 is 0 Å². The van der Waals surface area contributed by atoms with Crippen molar-refractivity contribution in [2.45, 2.75) is 25.4 Å². The van der Waals surface area contributed by atoms with E-state index in [4.69, 9.17) is 0 Å². The number of hydrogen-bond donors (Lipinski definition) is 0. The van der Waals surface area contributed by atoms with Gasteiger partial charge in [0.2, 0.25) is 0 Å². The smallest absolute Gasteiger partial charge is 0.299 e. The highest BCUT2D eigenvalue weighted by Gasteiger charge is 2.27. The normalized spacial score (nSPS) is 16.4. The average molecular weight is 325 g/mol. The zero-order valence-corrected chi connectivity index (χ0v) is 14.2. The van der Waals surface area contributed by atoms with Gasteiger partial charge in [0, 0.05) is 45.0 Å². The summed E-state index contributed by atoms with van der Waals surface area (Å²) >= 11 is 0. The van der Waals surface area contributed by atoms with Crippen LogP contribution in [0.3, 0.4) is 0 Å². The van der Waals surface area contributed by atoms with Crippen LogP contribution in [-0.4, -0.2) is 20.6 Å². The number of nitrogens with zero attached hydrogens (tertiary/aromatic N) is 3. The Morgan fingerprint density at radius 1 is 1.25 bits per heavy atom. The maximum absolute atomic E-state index is 12.2. The Morgan fingerprint density at radius 3 is 2.75 bits per heavy atom. The van der Waals surface area contributed by atoms with Crippen LogP contribution in [-0.2, 0) is 27.1 Å². The molecule has 1 atom stereocenters. The Labute approximate surface area is 141 Å². The van der Waals surface area contributed by atoms with E-state index in [9.17, 15) is 9.59 Å². The van der Waals surface area contributed by atoms with Crippen molar-refractivity contribution in [1.29, 1.82) is 0 Å². The van der Waals surface area contributed by atoms with Gasteiger partial charge in [-0.05, 0) is 24.0 Å². The molecule has 5 nitrogen and oxygen atoms in total. The van der Waals surface area contributed by atoms with E-state index < -0.39 is 0 Å². The molecule has 0 fully saturated rings. The maximum atomic E-state index is 12.2. The van der Waals surface area contributed by atoms with Crippen LogP contribution in [0.4, 0.5) is 0 Å². The Kier molecular flexibility index (Phi) is 4.53. The molecule has 0 spiro atoms. The van der Waals surface area contributed by atoms with Crippen molar-refractivity contribution in [3.63, 3.8) is 0 Å². The predicted octanol–water partition coefficient (Wildman–Crippen LogP) is 1.76. The van der Waals surface area contributed by atoms with Crippen molar-refractivity contribution in [2.24, 2.45) is 14.1 Å². The summed E-state index contributed by atoms with van der Waals surface area (Å²) in [6.07, 6.45) is 3.98. The van der Waals surface area contributed by atoms with Crippen molar-refractivity contribution < 1.29 is 0 Å². The lowest BCUT2D eigenvalue weighted by molar-refractivity contribution is 0.204. The van der Waals surface area contributed by atoms with Gasteiger partial charge in [0.25, 0.3) is 5.56 Å². The molecule has 0 amide bonds. The molecule has 0 radical (unpaired) electrons. The van der Waals surface area contributed by atoms with E-state index in [1.165, 1.54) is 18.2 Å². The van der Waals surface area contributed by atoms with Crippen LogP contribution < -0.4 is 11.2 Å². The van der Waals surface area contributed by atoms with E-state index in [1.807, 2.05) is 6.08 Å². The summed E-state index contributed by atoms with van der Waals surface area (Å²) in [4.78, 5) is 26.4. The number of benzene rings is 1. The maximum Gasteiger partial charge on any atom is 0.330 e. The highest BCUT2D eigenvalue weighted by atomic mass is 16.2. The number of rotatable bonds is 5. The van der Waals surface area contributed by atoms with Crippen molar-refractivity contribution in [3.8, 4) is 0 Å². The monoisotopic (exact) mass is 325 g/mol. The zero-order valence-electron chi connectivity index (χ0n) is 14.2. The fourth-order valence-electron chi connectivity index (χ4n) is 3.52. The second kappa shape index (κ2) is 6.61. The third kappa shape index (κ3) is 2.87. The fraction of sp³-hybridized carbons (Fsp3) is 0.368. The highest BCUT2D eigenvalue weighted by molar-refractivity contribution is 5.34. The van der Waals surface area contributed by atoms with Gasteiger partial charge in [-0.15, -0.1) is 6.58 Å². The van der Waals surface area contributed by atoms with E-state index in [0.29, 0.717) is 19.1 Å². The van der Waals surface area contributed by atoms with Gasteiger partial charge in [0.1, 0.15) is 0 Å². The van der Waals surface area contributed by atoms with Crippen LogP contribution in [0.25, 0.3) is 0 Å². The van der Waals surface area contributed by atoms with Gasteiger partial charge in [-0.3, -0.25) is 18.8 Å². The minimum Gasteiger partial charge on any atom is -0.299 e. The predicted molar refractivity (Wildman–Crippen MR) is 95.0 cm³/mol. The summed E-state index contributed by atoms with van der Waals surface area (Å²) in [5.41, 5.74) is 2.90. The molecule has 3 rings (SSSR count). The number of fused-ring (bicyclic) bond motifs is 1. The molecule has 0 saturated carbocycles. The van der Waals surface area contributed by atoms with E-state index in [-0.39, 0.29) is 11.2 Å². The fourth-order valence-corrected chi connectivity index (χ4v) is 3.52. The largest absolute Gasteiger partial charge is 0.330 e. The summed E-state index contributed by atoms with van der Waals surface area (Å²) in [6.45, 7) is 5.12. The summed E-state index contributed by atoms with van der Waals surface area (Å²) in [6, 6.07) is 10.3. The molecule has 5 heteroatoms. The minimum absolute atomic E-state index is 0.265. The molecule has 1 aromatic heterocycles.